The van der Waals surface area contributed by atoms with Crippen LogP contribution in [0.25, 0.3) is 11.3 Å². The van der Waals surface area contributed by atoms with Crippen LogP contribution in [0.3, 0.4) is 0 Å². The summed E-state index contributed by atoms with van der Waals surface area (Å²) in [7, 11) is 1.65. The maximum atomic E-state index is 13.0. The Morgan fingerprint density at radius 3 is 2.55 bits per heavy atom. The van der Waals surface area contributed by atoms with Gasteiger partial charge in [0.2, 0.25) is 5.91 Å². The van der Waals surface area contributed by atoms with E-state index in [0.29, 0.717) is 6.54 Å². The van der Waals surface area contributed by atoms with Crippen LogP contribution in [0.4, 0.5) is 11.5 Å². The van der Waals surface area contributed by atoms with Crippen molar-refractivity contribution in [2.75, 3.05) is 30.4 Å². The predicted molar refractivity (Wildman–Crippen MR) is 124 cm³/mol. The Bertz CT molecular complexity index is 1050. The second-order valence-corrected chi connectivity index (χ2v) is 8.03. The summed E-state index contributed by atoms with van der Waals surface area (Å²) in [4.78, 5) is 24.1. The van der Waals surface area contributed by atoms with Crippen LogP contribution >= 0.6 is 0 Å². The normalized spacial score (nSPS) is 16.1. The van der Waals surface area contributed by atoms with Crippen molar-refractivity contribution in [1.29, 1.82) is 0 Å². The fourth-order valence-corrected chi connectivity index (χ4v) is 4.08. The van der Waals surface area contributed by atoms with Gasteiger partial charge in [-0.15, -0.1) is 0 Å². The molecule has 1 aliphatic heterocycles. The maximum Gasteiger partial charge on any atom is 0.229 e. The van der Waals surface area contributed by atoms with Crippen LogP contribution in [0.1, 0.15) is 24.0 Å². The van der Waals surface area contributed by atoms with E-state index in [1.54, 1.807) is 13.4 Å². The summed E-state index contributed by atoms with van der Waals surface area (Å²) >= 11 is 0. The summed E-state index contributed by atoms with van der Waals surface area (Å²) in [6.07, 6.45) is 3.42. The van der Waals surface area contributed by atoms with Gasteiger partial charge in [-0.3, -0.25) is 4.79 Å². The first-order valence-electron chi connectivity index (χ1n) is 10.6. The summed E-state index contributed by atoms with van der Waals surface area (Å²) < 4.78 is 5.24. The Kier molecular flexibility index (Phi) is 6.16. The fourth-order valence-electron chi connectivity index (χ4n) is 4.08. The lowest BCUT2D eigenvalue weighted by atomic mass is 9.96. The van der Waals surface area contributed by atoms with Crippen molar-refractivity contribution in [1.82, 2.24) is 9.97 Å². The number of carbonyl (C=O) groups is 1. The van der Waals surface area contributed by atoms with Crippen LogP contribution in [-0.2, 0) is 4.79 Å². The number of rotatable bonds is 5. The van der Waals surface area contributed by atoms with E-state index >= 15 is 0 Å². The van der Waals surface area contributed by atoms with Crippen molar-refractivity contribution in [3.8, 4) is 17.0 Å². The van der Waals surface area contributed by atoms with Crippen molar-refractivity contribution in [2.24, 2.45) is 5.92 Å². The third-order valence-corrected chi connectivity index (χ3v) is 5.88. The van der Waals surface area contributed by atoms with Gasteiger partial charge < -0.3 is 15.0 Å². The van der Waals surface area contributed by atoms with E-state index in [1.807, 2.05) is 62.4 Å². The monoisotopic (exact) mass is 416 g/mol. The standard InChI is InChI=1S/C25H28N4O2/c1-17-6-4-7-18(2)24(17)28-25(30)20-8-5-13-29(15-20)23-14-22(26-16-27-23)19-9-11-21(31-3)12-10-19/h4,6-7,9-12,14,16,20H,5,8,13,15H2,1-3H3,(H,28,30). The van der Waals surface area contributed by atoms with E-state index in [0.717, 1.165) is 59.0 Å². The molecule has 1 aliphatic rings. The lowest BCUT2D eigenvalue weighted by Gasteiger charge is -2.33. The molecule has 1 amide bonds. The van der Waals surface area contributed by atoms with Crippen LogP contribution in [0.2, 0.25) is 0 Å². The lowest BCUT2D eigenvalue weighted by Crippen LogP contribution is -2.41. The van der Waals surface area contributed by atoms with Gasteiger partial charge in [-0.05, 0) is 62.1 Å². The molecule has 160 valence electrons. The molecule has 1 unspecified atom stereocenters. The van der Waals surface area contributed by atoms with E-state index in [4.69, 9.17) is 4.74 Å². The second kappa shape index (κ2) is 9.16. The van der Waals surface area contributed by atoms with Crippen molar-refractivity contribution < 1.29 is 9.53 Å². The molecule has 31 heavy (non-hydrogen) atoms. The van der Waals surface area contributed by atoms with E-state index in [1.165, 1.54) is 0 Å². The number of amides is 1. The molecule has 6 nitrogen and oxygen atoms in total. The second-order valence-electron chi connectivity index (χ2n) is 8.03. The number of methoxy groups -OCH3 is 1. The number of piperidine rings is 1. The first-order chi connectivity index (χ1) is 15.0. The Hall–Kier alpha value is -3.41. The van der Waals surface area contributed by atoms with Crippen LogP contribution in [0.5, 0.6) is 5.75 Å². The van der Waals surface area contributed by atoms with Crippen LogP contribution in [0.15, 0.2) is 54.9 Å². The van der Waals surface area contributed by atoms with Gasteiger partial charge in [-0.1, -0.05) is 18.2 Å². The van der Waals surface area contributed by atoms with Crippen LogP contribution in [-0.4, -0.2) is 36.1 Å². The fraction of sp³-hybridized carbons (Fsp3) is 0.320. The van der Waals surface area contributed by atoms with Gasteiger partial charge in [0.05, 0.1) is 18.7 Å². The number of hydrogen-bond acceptors (Lipinski definition) is 5. The minimum atomic E-state index is -0.0767. The zero-order valence-corrected chi connectivity index (χ0v) is 18.3. The molecule has 1 aromatic heterocycles. The molecule has 2 heterocycles. The number of hydrogen-bond donors (Lipinski definition) is 1. The third-order valence-electron chi connectivity index (χ3n) is 5.88. The molecule has 6 heteroatoms. The molecule has 0 aliphatic carbocycles. The molecule has 0 spiro atoms. The molecule has 1 saturated heterocycles. The molecule has 0 radical (unpaired) electrons. The number of ether oxygens (including phenoxy) is 1. The van der Waals surface area contributed by atoms with Crippen molar-refractivity contribution in [3.63, 3.8) is 0 Å². The molecule has 0 bridgehead atoms. The van der Waals surface area contributed by atoms with Gasteiger partial charge in [-0.2, -0.15) is 0 Å². The van der Waals surface area contributed by atoms with E-state index in [2.05, 4.69) is 20.2 Å². The number of benzene rings is 2. The number of carbonyl (C=O) groups excluding carboxylic acids is 1. The highest BCUT2D eigenvalue weighted by molar-refractivity contribution is 5.94. The SMILES string of the molecule is COc1ccc(-c2cc(N3CCCC(C(=O)Nc4c(C)cccc4C)C3)ncn2)cc1. The number of para-hydroxylation sites is 1. The molecule has 0 saturated carbocycles. The van der Waals surface area contributed by atoms with Gasteiger partial charge in [-0.25, -0.2) is 9.97 Å². The lowest BCUT2D eigenvalue weighted by molar-refractivity contribution is -0.120. The van der Waals surface area contributed by atoms with Crippen LogP contribution in [0, 0.1) is 19.8 Å². The third kappa shape index (κ3) is 4.68. The van der Waals surface area contributed by atoms with E-state index < -0.39 is 0 Å². The summed E-state index contributed by atoms with van der Waals surface area (Å²) in [5, 5.41) is 3.16. The molecule has 1 atom stereocenters. The zero-order chi connectivity index (χ0) is 21.8. The molecular weight excluding hydrogens is 388 g/mol. The average Bonchev–Trinajstić information content (AvgIpc) is 2.81. The Morgan fingerprint density at radius 2 is 1.84 bits per heavy atom. The van der Waals surface area contributed by atoms with Gasteiger partial charge in [0.1, 0.15) is 17.9 Å². The minimum Gasteiger partial charge on any atom is -0.497 e. The van der Waals surface area contributed by atoms with Gasteiger partial charge >= 0.3 is 0 Å². The number of nitrogens with one attached hydrogen (secondary N) is 1. The highest BCUT2D eigenvalue weighted by Gasteiger charge is 2.27. The quantitative estimate of drug-likeness (QED) is 0.657. The number of nitrogens with zero attached hydrogens (tertiary/aromatic N) is 3. The van der Waals surface area contributed by atoms with Gasteiger partial charge in [0.15, 0.2) is 0 Å². The summed E-state index contributed by atoms with van der Waals surface area (Å²) in [6.45, 7) is 5.58. The Balaban J connectivity index is 1.49. The van der Waals surface area contributed by atoms with E-state index in [9.17, 15) is 4.79 Å². The van der Waals surface area contributed by atoms with Gasteiger partial charge in [0.25, 0.3) is 0 Å². The number of aryl methyl sites for hydroxylation is 2. The highest BCUT2D eigenvalue weighted by atomic mass is 16.5. The zero-order valence-electron chi connectivity index (χ0n) is 18.3. The smallest absolute Gasteiger partial charge is 0.229 e. The molecule has 1 N–H and O–H groups in total. The molecule has 1 fully saturated rings. The Morgan fingerprint density at radius 1 is 1.10 bits per heavy atom. The molecule has 2 aromatic carbocycles. The first-order valence-corrected chi connectivity index (χ1v) is 10.6. The Labute approximate surface area is 183 Å². The largest absolute Gasteiger partial charge is 0.497 e. The number of aromatic nitrogens is 2. The minimum absolute atomic E-state index is 0.0755. The van der Waals surface area contributed by atoms with Crippen molar-refractivity contribution >= 4 is 17.4 Å². The summed E-state index contributed by atoms with van der Waals surface area (Å²) in [6, 6.07) is 15.9. The van der Waals surface area contributed by atoms with Gasteiger partial charge in [0, 0.05) is 30.4 Å². The summed E-state index contributed by atoms with van der Waals surface area (Å²) in [5.74, 6) is 1.66. The molecule has 3 aromatic rings. The maximum absolute atomic E-state index is 13.0. The first kappa shape index (κ1) is 20.8. The summed E-state index contributed by atoms with van der Waals surface area (Å²) in [5.41, 5.74) is 4.95. The highest BCUT2D eigenvalue weighted by Crippen LogP contribution is 2.27. The molecular formula is C25H28N4O2. The van der Waals surface area contributed by atoms with Crippen molar-refractivity contribution in [3.05, 3.63) is 66.0 Å². The number of anilines is 2. The van der Waals surface area contributed by atoms with E-state index in [-0.39, 0.29) is 11.8 Å². The predicted octanol–water partition coefficient (Wildman–Crippen LogP) is 4.62. The van der Waals surface area contributed by atoms with Crippen molar-refractivity contribution in [2.45, 2.75) is 26.7 Å². The molecule has 4 rings (SSSR count). The van der Waals surface area contributed by atoms with Crippen LogP contribution < -0.4 is 15.0 Å². The topological polar surface area (TPSA) is 67.3 Å². The average molecular weight is 417 g/mol.